The molecule has 3 rings (SSSR count). The van der Waals surface area contributed by atoms with Gasteiger partial charge in [0, 0.05) is 6.26 Å². The maximum Gasteiger partial charge on any atom is 0.342 e. The Morgan fingerprint density at radius 2 is 1.88 bits per heavy atom. The highest BCUT2D eigenvalue weighted by Gasteiger charge is 2.26. The molecule has 0 unspecified atom stereocenters. The number of hydrogen-bond acceptors (Lipinski definition) is 7. The van der Waals surface area contributed by atoms with Gasteiger partial charge in [-0.05, 0) is 57.5 Å². The number of pyridine rings is 1. The number of sulfone groups is 1. The lowest BCUT2D eigenvalue weighted by molar-refractivity contribution is 0.0527. The van der Waals surface area contributed by atoms with Crippen LogP contribution in [0.5, 0.6) is 5.75 Å². The average molecular weight is 458 g/mol. The van der Waals surface area contributed by atoms with Crippen LogP contribution in [0.15, 0.2) is 53.7 Å². The van der Waals surface area contributed by atoms with Crippen LogP contribution in [0.1, 0.15) is 43.6 Å². The molecule has 2 heterocycles. The first-order valence-corrected chi connectivity index (χ1v) is 12.0. The molecule has 9 heteroatoms. The van der Waals surface area contributed by atoms with Gasteiger partial charge in [-0.2, -0.15) is 5.10 Å². The average Bonchev–Trinajstić information content (AvgIpc) is 3.18. The Kier molecular flexibility index (Phi) is 6.68. The molecule has 0 radical (unpaired) electrons. The molecule has 3 aromatic rings. The molecule has 0 bridgehead atoms. The molecular weight excluding hydrogens is 430 g/mol. The minimum absolute atomic E-state index is 0.193. The second kappa shape index (κ2) is 9.12. The van der Waals surface area contributed by atoms with E-state index in [1.165, 1.54) is 12.5 Å². The van der Waals surface area contributed by atoms with Gasteiger partial charge in [0.25, 0.3) is 0 Å². The van der Waals surface area contributed by atoms with Crippen LogP contribution in [0.25, 0.3) is 11.4 Å². The standard InChI is InChI=1S/C23H27N3O5S/c1-6-30-22(27)19-14-25-26(23(2,3)4)21(19)20-11-10-17(13-24-20)31-15-16-8-7-9-18(12-16)32(5,28)29/h7-14H,6,15H2,1-5H3. The van der Waals surface area contributed by atoms with Crippen molar-refractivity contribution >= 4 is 15.8 Å². The normalized spacial score (nSPS) is 11.9. The van der Waals surface area contributed by atoms with Crippen LogP contribution < -0.4 is 4.74 Å². The summed E-state index contributed by atoms with van der Waals surface area (Å²) in [6, 6.07) is 10.1. The van der Waals surface area contributed by atoms with E-state index in [0.717, 1.165) is 5.56 Å². The van der Waals surface area contributed by atoms with Gasteiger partial charge in [0.1, 0.15) is 23.6 Å². The van der Waals surface area contributed by atoms with Crippen molar-refractivity contribution in [3.63, 3.8) is 0 Å². The van der Waals surface area contributed by atoms with E-state index in [4.69, 9.17) is 9.47 Å². The molecule has 8 nitrogen and oxygen atoms in total. The van der Waals surface area contributed by atoms with Crippen molar-refractivity contribution < 1.29 is 22.7 Å². The van der Waals surface area contributed by atoms with Crippen LogP contribution in [-0.2, 0) is 26.7 Å². The summed E-state index contributed by atoms with van der Waals surface area (Å²) in [6.07, 6.45) is 4.23. The Bertz CT molecular complexity index is 1210. The Morgan fingerprint density at radius 3 is 2.47 bits per heavy atom. The highest BCUT2D eigenvalue weighted by atomic mass is 32.2. The summed E-state index contributed by atoms with van der Waals surface area (Å²) in [7, 11) is -3.28. The van der Waals surface area contributed by atoms with E-state index >= 15 is 0 Å². The molecule has 0 saturated heterocycles. The minimum atomic E-state index is -3.28. The maximum atomic E-state index is 12.4. The highest BCUT2D eigenvalue weighted by molar-refractivity contribution is 7.90. The summed E-state index contributed by atoms with van der Waals surface area (Å²) in [5.74, 6) is 0.0592. The number of aromatic nitrogens is 3. The van der Waals surface area contributed by atoms with Crippen molar-refractivity contribution in [1.29, 1.82) is 0 Å². The van der Waals surface area contributed by atoms with Gasteiger partial charge in [-0.1, -0.05) is 12.1 Å². The first-order valence-electron chi connectivity index (χ1n) is 10.1. The maximum absolute atomic E-state index is 12.4. The van der Waals surface area contributed by atoms with Crippen molar-refractivity contribution in [2.24, 2.45) is 0 Å². The molecule has 0 aliphatic heterocycles. The molecule has 2 aromatic heterocycles. The van der Waals surface area contributed by atoms with Crippen LogP contribution in [0, 0.1) is 0 Å². The first kappa shape index (κ1) is 23.5. The van der Waals surface area contributed by atoms with E-state index in [9.17, 15) is 13.2 Å². The zero-order valence-corrected chi connectivity index (χ0v) is 19.6. The van der Waals surface area contributed by atoms with E-state index in [1.807, 2.05) is 20.8 Å². The monoisotopic (exact) mass is 457 g/mol. The molecule has 0 amide bonds. The lowest BCUT2D eigenvalue weighted by atomic mass is 10.1. The molecule has 0 aliphatic carbocycles. The van der Waals surface area contributed by atoms with E-state index in [0.29, 0.717) is 22.7 Å². The lowest BCUT2D eigenvalue weighted by Crippen LogP contribution is -2.24. The van der Waals surface area contributed by atoms with Crippen molar-refractivity contribution in [1.82, 2.24) is 14.8 Å². The van der Waals surface area contributed by atoms with Gasteiger partial charge in [-0.3, -0.25) is 9.67 Å². The number of benzene rings is 1. The zero-order valence-electron chi connectivity index (χ0n) is 18.8. The highest BCUT2D eigenvalue weighted by Crippen LogP contribution is 2.29. The summed E-state index contributed by atoms with van der Waals surface area (Å²) in [4.78, 5) is 17.2. The SMILES string of the molecule is CCOC(=O)c1cnn(C(C)(C)C)c1-c1ccc(OCc2cccc(S(C)(=O)=O)c2)cn1. The Balaban J connectivity index is 1.85. The fraction of sp³-hybridized carbons (Fsp3) is 0.348. The van der Waals surface area contributed by atoms with Gasteiger partial charge in [-0.25, -0.2) is 13.2 Å². The van der Waals surface area contributed by atoms with Gasteiger partial charge in [0.2, 0.25) is 0 Å². The van der Waals surface area contributed by atoms with Crippen LogP contribution in [0.4, 0.5) is 0 Å². The topological polar surface area (TPSA) is 100 Å². The third kappa shape index (κ3) is 5.34. The zero-order chi connectivity index (χ0) is 23.5. The molecule has 0 atom stereocenters. The Hall–Kier alpha value is -3.20. The van der Waals surface area contributed by atoms with Crippen LogP contribution in [-0.4, -0.2) is 42.0 Å². The van der Waals surface area contributed by atoms with E-state index in [1.54, 1.807) is 54.2 Å². The summed E-state index contributed by atoms with van der Waals surface area (Å²) < 4.78 is 36.2. The smallest absolute Gasteiger partial charge is 0.342 e. The summed E-state index contributed by atoms with van der Waals surface area (Å²) in [6.45, 7) is 8.17. The predicted molar refractivity (Wildman–Crippen MR) is 120 cm³/mol. The summed E-state index contributed by atoms with van der Waals surface area (Å²) in [5, 5.41) is 4.39. The van der Waals surface area contributed by atoms with E-state index in [-0.39, 0.29) is 23.6 Å². The van der Waals surface area contributed by atoms with Crippen LogP contribution >= 0.6 is 0 Å². The van der Waals surface area contributed by atoms with Crippen molar-refractivity contribution in [2.45, 2.75) is 44.7 Å². The Morgan fingerprint density at radius 1 is 1.12 bits per heavy atom. The van der Waals surface area contributed by atoms with Gasteiger partial charge >= 0.3 is 5.97 Å². The number of rotatable bonds is 7. The third-order valence-electron chi connectivity index (χ3n) is 4.61. The number of hydrogen-bond donors (Lipinski definition) is 0. The van der Waals surface area contributed by atoms with Gasteiger partial charge in [0.05, 0.1) is 35.1 Å². The van der Waals surface area contributed by atoms with Crippen LogP contribution in [0.2, 0.25) is 0 Å². The van der Waals surface area contributed by atoms with Gasteiger partial charge in [0.15, 0.2) is 9.84 Å². The summed E-state index contributed by atoms with van der Waals surface area (Å²) in [5.41, 5.74) is 1.84. The van der Waals surface area contributed by atoms with Crippen LogP contribution in [0.3, 0.4) is 0 Å². The second-order valence-corrected chi connectivity index (χ2v) is 10.3. The van der Waals surface area contributed by atoms with Crippen molar-refractivity contribution in [3.8, 4) is 17.1 Å². The fourth-order valence-corrected chi connectivity index (χ4v) is 3.79. The molecule has 0 N–H and O–H groups in total. The largest absolute Gasteiger partial charge is 0.487 e. The molecule has 0 fully saturated rings. The molecule has 0 spiro atoms. The molecule has 1 aromatic carbocycles. The Labute approximate surface area is 188 Å². The number of ether oxygens (including phenoxy) is 2. The minimum Gasteiger partial charge on any atom is -0.487 e. The molecule has 32 heavy (non-hydrogen) atoms. The first-order chi connectivity index (χ1) is 15.0. The van der Waals surface area contributed by atoms with Crippen molar-refractivity contribution in [3.05, 3.63) is 59.9 Å². The van der Waals surface area contributed by atoms with Gasteiger partial charge in [-0.15, -0.1) is 0 Å². The third-order valence-corrected chi connectivity index (χ3v) is 5.72. The van der Waals surface area contributed by atoms with Crippen molar-refractivity contribution in [2.75, 3.05) is 12.9 Å². The lowest BCUT2D eigenvalue weighted by Gasteiger charge is -2.22. The quantitative estimate of drug-likeness (QED) is 0.497. The number of carbonyl (C=O) groups is 1. The number of nitrogens with zero attached hydrogens (tertiary/aromatic N) is 3. The molecular formula is C23H27N3O5S. The summed E-state index contributed by atoms with van der Waals surface area (Å²) >= 11 is 0. The predicted octanol–water partition coefficient (Wildman–Crippen LogP) is 3.86. The van der Waals surface area contributed by atoms with Gasteiger partial charge < -0.3 is 9.47 Å². The number of carbonyl (C=O) groups excluding carboxylic acids is 1. The number of esters is 1. The van der Waals surface area contributed by atoms with E-state index in [2.05, 4.69) is 10.1 Å². The van der Waals surface area contributed by atoms with E-state index < -0.39 is 15.8 Å². The molecule has 0 aliphatic rings. The second-order valence-electron chi connectivity index (χ2n) is 8.30. The molecule has 0 saturated carbocycles. The fourth-order valence-electron chi connectivity index (χ4n) is 3.10. The molecule has 170 valence electrons.